The zero-order valence-corrected chi connectivity index (χ0v) is 13.5. The van der Waals surface area contributed by atoms with Gasteiger partial charge in [0.1, 0.15) is 5.69 Å². The zero-order chi connectivity index (χ0) is 17.9. The molecule has 0 atom stereocenters. The molecule has 5 nitrogen and oxygen atoms in total. The molecule has 24 heavy (non-hydrogen) atoms. The highest BCUT2D eigenvalue weighted by Crippen LogP contribution is 2.29. The number of hydrogen-bond acceptors (Lipinski definition) is 3. The first kappa shape index (κ1) is 17.7. The van der Waals surface area contributed by atoms with Gasteiger partial charge in [-0.15, -0.1) is 0 Å². The van der Waals surface area contributed by atoms with Crippen molar-refractivity contribution in [3.63, 3.8) is 0 Å². The Bertz CT molecular complexity index is 813. The van der Waals surface area contributed by atoms with Crippen molar-refractivity contribution in [1.82, 2.24) is 9.78 Å². The average molecular weight is 330 g/mol. The van der Waals surface area contributed by atoms with Gasteiger partial charge in [0.05, 0.1) is 5.56 Å². The number of amides is 1. The van der Waals surface area contributed by atoms with E-state index < -0.39 is 17.5 Å². The molecule has 0 radical (unpaired) electrons. The third-order valence-electron chi connectivity index (χ3n) is 3.81. The Morgan fingerprint density at radius 3 is 2.67 bits per heavy atom. The van der Waals surface area contributed by atoms with Crippen molar-refractivity contribution in [2.24, 2.45) is 5.73 Å². The summed E-state index contributed by atoms with van der Waals surface area (Å²) < 4.78 is 28.1. The number of primary amides is 1. The summed E-state index contributed by atoms with van der Waals surface area (Å²) in [5.41, 5.74) is 6.68. The number of hydrogen-bond donors (Lipinski definition) is 1. The fourth-order valence-electron chi connectivity index (χ4n) is 2.72. The maximum atomic E-state index is 13.4. The molecule has 2 aromatic rings. The number of fused-ring (bicyclic) bond motifs is 1. The summed E-state index contributed by atoms with van der Waals surface area (Å²) in [5.74, 6) is -0.515. The maximum absolute atomic E-state index is 13.4. The van der Waals surface area contributed by atoms with Gasteiger partial charge in [0.2, 0.25) is 0 Å². The SMILES string of the molecule is CC.N#CB1CCn2nc(-c3ccc(F)c(F)c3)c(C(N)=O)c2C1. The molecule has 0 saturated carbocycles. The second kappa shape index (κ2) is 7.26. The molecule has 124 valence electrons. The summed E-state index contributed by atoms with van der Waals surface area (Å²) in [5, 5.41) is 13.3. The van der Waals surface area contributed by atoms with Crippen molar-refractivity contribution < 1.29 is 13.6 Å². The third-order valence-corrected chi connectivity index (χ3v) is 3.81. The predicted molar refractivity (Wildman–Crippen MR) is 87.3 cm³/mol. The fourth-order valence-corrected chi connectivity index (χ4v) is 2.72. The fraction of sp³-hybridized carbons (Fsp3) is 0.312. The Hall–Kier alpha value is -2.69. The van der Waals surface area contributed by atoms with Crippen LogP contribution in [0.2, 0.25) is 6.32 Å². The van der Waals surface area contributed by atoms with E-state index in [2.05, 4.69) is 11.1 Å². The highest BCUT2D eigenvalue weighted by Gasteiger charge is 2.30. The number of carbonyl (C=O) groups is 1. The molecule has 1 aliphatic heterocycles. The summed E-state index contributed by atoms with van der Waals surface area (Å²) in [6.07, 6.45) is 0.992. The van der Waals surface area contributed by atoms with E-state index in [0.29, 0.717) is 24.9 Å². The molecule has 0 fully saturated rings. The Morgan fingerprint density at radius 2 is 2.08 bits per heavy atom. The van der Waals surface area contributed by atoms with Crippen molar-refractivity contribution >= 4 is 12.6 Å². The lowest BCUT2D eigenvalue weighted by atomic mass is 9.45. The average Bonchev–Trinajstić information content (AvgIpc) is 2.97. The Kier molecular flexibility index (Phi) is 5.34. The summed E-state index contributed by atoms with van der Waals surface area (Å²) in [6, 6.07) is 3.31. The van der Waals surface area contributed by atoms with Gasteiger partial charge in [-0.25, -0.2) is 14.0 Å². The third kappa shape index (κ3) is 3.16. The predicted octanol–water partition coefficient (Wildman–Crippen LogP) is 2.61. The van der Waals surface area contributed by atoms with Crippen LogP contribution in [0.5, 0.6) is 0 Å². The summed E-state index contributed by atoms with van der Waals surface area (Å²) in [7, 11) is 0. The highest BCUT2D eigenvalue weighted by atomic mass is 19.2. The molecular formula is C16H17BF2N4O. The van der Waals surface area contributed by atoms with Gasteiger partial charge in [-0.3, -0.25) is 9.48 Å². The molecule has 0 aliphatic carbocycles. The lowest BCUT2D eigenvalue weighted by molar-refractivity contribution is 0.1000. The molecule has 1 aromatic heterocycles. The van der Waals surface area contributed by atoms with E-state index in [1.54, 1.807) is 4.68 Å². The van der Waals surface area contributed by atoms with Gasteiger partial charge in [-0.2, -0.15) is 5.10 Å². The van der Waals surface area contributed by atoms with E-state index in [4.69, 9.17) is 11.0 Å². The molecule has 0 bridgehead atoms. The molecule has 3 rings (SSSR count). The number of halogens is 2. The van der Waals surface area contributed by atoms with Gasteiger partial charge >= 0.3 is 0 Å². The van der Waals surface area contributed by atoms with Gasteiger partial charge in [0.25, 0.3) is 12.6 Å². The molecule has 2 N–H and O–H groups in total. The number of carbonyl (C=O) groups excluding carboxylic acids is 1. The molecule has 8 heteroatoms. The second-order valence-corrected chi connectivity index (χ2v) is 5.21. The van der Waals surface area contributed by atoms with Crippen LogP contribution in [-0.4, -0.2) is 22.4 Å². The second-order valence-electron chi connectivity index (χ2n) is 5.21. The first-order valence-electron chi connectivity index (χ1n) is 7.75. The van der Waals surface area contributed by atoms with Crippen molar-refractivity contribution in [1.29, 1.82) is 5.26 Å². The van der Waals surface area contributed by atoms with Crippen molar-refractivity contribution in [3.05, 3.63) is 41.1 Å². The minimum atomic E-state index is -1.02. The van der Waals surface area contributed by atoms with Crippen LogP contribution in [0.4, 0.5) is 8.78 Å². The van der Waals surface area contributed by atoms with Crippen molar-refractivity contribution in [2.45, 2.75) is 33.0 Å². The van der Waals surface area contributed by atoms with E-state index in [9.17, 15) is 13.6 Å². The normalized spacial score (nSPS) is 12.7. The van der Waals surface area contributed by atoms with Gasteiger partial charge in [-0.1, -0.05) is 13.8 Å². The number of nitrogens with two attached hydrogens (primary N) is 1. The standard InChI is InChI=1S/C14H11BF2N4O.C2H6/c16-9-2-1-8(5-10(9)17)13-12(14(19)22)11-6-15(7-18)3-4-21(11)20-13;1-2/h1-2,5H,3-4,6H2,(H2,19,22);1-2H3. The van der Waals surface area contributed by atoms with Crippen LogP contribution >= 0.6 is 0 Å². The van der Waals surface area contributed by atoms with Crippen LogP contribution in [0.15, 0.2) is 18.2 Å². The minimum Gasteiger partial charge on any atom is -0.365 e. The van der Waals surface area contributed by atoms with Crippen LogP contribution in [0.25, 0.3) is 11.3 Å². The van der Waals surface area contributed by atoms with Gasteiger partial charge in [0, 0.05) is 23.8 Å². The van der Waals surface area contributed by atoms with Crippen LogP contribution in [0.3, 0.4) is 0 Å². The monoisotopic (exact) mass is 330 g/mol. The molecule has 1 aromatic carbocycles. The summed E-state index contributed by atoms with van der Waals surface area (Å²) >= 11 is 0. The molecule has 0 unspecified atom stereocenters. The largest absolute Gasteiger partial charge is 0.365 e. The molecule has 0 spiro atoms. The highest BCUT2D eigenvalue weighted by molar-refractivity contribution is 6.66. The van der Waals surface area contributed by atoms with E-state index in [-0.39, 0.29) is 23.5 Å². The topological polar surface area (TPSA) is 84.7 Å². The van der Waals surface area contributed by atoms with Crippen LogP contribution < -0.4 is 5.73 Å². The summed E-state index contributed by atoms with van der Waals surface area (Å²) in [6.45, 7) is 4.28. The Morgan fingerprint density at radius 1 is 1.38 bits per heavy atom. The van der Waals surface area contributed by atoms with Crippen LogP contribution in [-0.2, 0) is 12.9 Å². The molecule has 2 heterocycles. The lowest BCUT2D eigenvalue weighted by Crippen LogP contribution is -2.28. The first-order chi connectivity index (χ1) is 11.5. The van der Waals surface area contributed by atoms with Gasteiger partial charge < -0.3 is 5.73 Å². The van der Waals surface area contributed by atoms with E-state index >= 15 is 0 Å². The number of rotatable bonds is 2. The Balaban J connectivity index is 0.00000100. The van der Waals surface area contributed by atoms with E-state index in [0.717, 1.165) is 12.1 Å². The molecular weight excluding hydrogens is 313 g/mol. The summed E-state index contributed by atoms with van der Waals surface area (Å²) in [4.78, 5) is 11.8. The van der Waals surface area contributed by atoms with Crippen molar-refractivity contribution in [2.75, 3.05) is 0 Å². The lowest BCUT2D eigenvalue weighted by Gasteiger charge is -2.15. The number of aromatic nitrogens is 2. The smallest absolute Gasteiger partial charge is 0.275 e. The van der Waals surface area contributed by atoms with Gasteiger partial charge in [0.15, 0.2) is 11.6 Å². The molecule has 1 amide bonds. The van der Waals surface area contributed by atoms with E-state index in [1.165, 1.54) is 6.07 Å². The number of benzene rings is 1. The van der Waals surface area contributed by atoms with Crippen molar-refractivity contribution in [3.8, 4) is 17.2 Å². The maximum Gasteiger partial charge on any atom is 0.275 e. The molecule has 0 saturated heterocycles. The number of nitrogens with zero attached hydrogens (tertiary/aromatic N) is 3. The number of nitriles is 1. The zero-order valence-electron chi connectivity index (χ0n) is 13.5. The van der Waals surface area contributed by atoms with Crippen LogP contribution in [0, 0.1) is 22.9 Å². The molecule has 1 aliphatic rings. The van der Waals surface area contributed by atoms with Crippen LogP contribution in [0.1, 0.15) is 29.9 Å². The van der Waals surface area contributed by atoms with E-state index in [1.807, 2.05) is 13.8 Å². The van der Waals surface area contributed by atoms with Gasteiger partial charge in [-0.05, 0) is 30.8 Å². The quantitative estimate of drug-likeness (QED) is 0.859. The Labute approximate surface area is 139 Å². The number of aryl methyl sites for hydroxylation is 1. The minimum absolute atomic E-state index is 0.172. The first-order valence-corrected chi connectivity index (χ1v) is 7.75.